The SMILES string of the molecule is Cc1ccc(-c2noc(-c3cccn3CC(=O)Nc3nccs3)n2)cc1. The molecule has 3 heterocycles. The molecule has 0 unspecified atom stereocenters. The number of nitrogens with zero attached hydrogens (tertiary/aromatic N) is 4. The van der Waals surface area contributed by atoms with Crippen molar-refractivity contribution in [3.63, 3.8) is 0 Å². The van der Waals surface area contributed by atoms with Crippen molar-refractivity contribution in [3.8, 4) is 23.0 Å². The Morgan fingerprint density at radius 1 is 1.27 bits per heavy atom. The quantitative estimate of drug-likeness (QED) is 0.584. The van der Waals surface area contributed by atoms with Gasteiger partial charge in [0.15, 0.2) is 5.13 Å². The van der Waals surface area contributed by atoms with Gasteiger partial charge in [-0.2, -0.15) is 4.98 Å². The number of carbonyl (C=O) groups excluding carboxylic acids is 1. The van der Waals surface area contributed by atoms with E-state index in [4.69, 9.17) is 4.52 Å². The summed E-state index contributed by atoms with van der Waals surface area (Å²) in [7, 11) is 0. The molecule has 8 heteroatoms. The van der Waals surface area contributed by atoms with Gasteiger partial charge in [0.2, 0.25) is 11.7 Å². The molecule has 1 N–H and O–H groups in total. The maximum absolute atomic E-state index is 12.2. The largest absolute Gasteiger partial charge is 0.334 e. The summed E-state index contributed by atoms with van der Waals surface area (Å²) in [4.78, 5) is 20.7. The first-order valence-corrected chi connectivity index (χ1v) is 8.82. The molecule has 0 aliphatic rings. The van der Waals surface area contributed by atoms with Gasteiger partial charge in [-0.05, 0) is 19.1 Å². The maximum atomic E-state index is 12.2. The minimum Gasteiger partial charge on any atom is -0.334 e. The molecule has 7 nitrogen and oxygen atoms in total. The average Bonchev–Trinajstić information content (AvgIpc) is 3.36. The molecule has 0 spiro atoms. The molecule has 0 bridgehead atoms. The number of hydrogen-bond acceptors (Lipinski definition) is 6. The molecule has 4 aromatic rings. The molecule has 130 valence electrons. The molecule has 0 fully saturated rings. The Morgan fingerprint density at radius 3 is 2.88 bits per heavy atom. The summed E-state index contributed by atoms with van der Waals surface area (Å²) in [5, 5.41) is 9.18. The van der Waals surface area contributed by atoms with Crippen LogP contribution in [0, 0.1) is 6.92 Å². The van der Waals surface area contributed by atoms with E-state index in [-0.39, 0.29) is 12.5 Å². The number of hydrogen-bond donors (Lipinski definition) is 1. The van der Waals surface area contributed by atoms with Crippen molar-refractivity contribution < 1.29 is 9.32 Å². The number of aryl methyl sites for hydroxylation is 1. The lowest BCUT2D eigenvalue weighted by Crippen LogP contribution is -2.18. The number of amides is 1. The molecule has 0 saturated heterocycles. The first kappa shape index (κ1) is 16.2. The van der Waals surface area contributed by atoms with Gasteiger partial charge in [0, 0.05) is 23.3 Å². The monoisotopic (exact) mass is 365 g/mol. The molecule has 26 heavy (non-hydrogen) atoms. The van der Waals surface area contributed by atoms with Crippen LogP contribution < -0.4 is 5.32 Å². The fraction of sp³-hybridized carbons (Fsp3) is 0.111. The van der Waals surface area contributed by atoms with Crippen molar-refractivity contribution in [2.75, 3.05) is 5.32 Å². The van der Waals surface area contributed by atoms with E-state index < -0.39 is 0 Å². The van der Waals surface area contributed by atoms with Crippen LogP contribution in [-0.2, 0) is 11.3 Å². The van der Waals surface area contributed by atoms with Crippen LogP contribution in [0.1, 0.15) is 5.56 Å². The van der Waals surface area contributed by atoms with Crippen LogP contribution in [-0.4, -0.2) is 25.6 Å². The van der Waals surface area contributed by atoms with Crippen LogP contribution in [0.5, 0.6) is 0 Å². The molecule has 0 saturated carbocycles. The average molecular weight is 365 g/mol. The maximum Gasteiger partial charge on any atom is 0.274 e. The molecule has 0 aliphatic carbocycles. The topological polar surface area (TPSA) is 85.8 Å². The van der Waals surface area contributed by atoms with Crippen LogP contribution in [0.4, 0.5) is 5.13 Å². The lowest BCUT2D eigenvalue weighted by atomic mass is 10.1. The zero-order valence-corrected chi connectivity index (χ0v) is 14.7. The number of rotatable bonds is 5. The Morgan fingerprint density at radius 2 is 2.12 bits per heavy atom. The summed E-state index contributed by atoms with van der Waals surface area (Å²) < 4.78 is 7.16. The molecule has 4 rings (SSSR count). The van der Waals surface area contributed by atoms with Gasteiger partial charge in [0.05, 0.1) is 0 Å². The zero-order chi connectivity index (χ0) is 17.9. The summed E-state index contributed by atoms with van der Waals surface area (Å²) in [6.45, 7) is 2.15. The van der Waals surface area contributed by atoms with Crippen molar-refractivity contribution in [1.29, 1.82) is 0 Å². The van der Waals surface area contributed by atoms with Crippen molar-refractivity contribution in [3.05, 3.63) is 59.7 Å². The van der Waals surface area contributed by atoms with Gasteiger partial charge in [-0.25, -0.2) is 4.98 Å². The molecule has 1 amide bonds. The number of carbonyl (C=O) groups is 1. The summed E-state index contributed by atoms with van der Waals surface area (Å²) in [5.74, 6) is 0.711. The van der Waals surface area contributed by atoms with E-state index in [0.717, 1.165) is 11.1 Å². The highest BCUT2D eigenvalue weighted by Gasteiger charge is 2.15. The molecule has 3 aromatic heterocycles. The van der Waals surface area contributed by atoms with Crippen molar-refractivity contribution in [2.24, 2.45) is 0 Å². The van der Waals surface area contributed by atoms with Crippen LogP contribution in [0.3, 0.4) is 0 Å². The Kier molecular flexibility index (Phi) is 4.32. The van der Waals surface area contributed by atoms with Gasteiger partial charge >= 0.3 is 0 Å². The molecule has 1 aromatic carbocycles. The highest BCUT2D eigenvalue weighted by Crippen LogP contribution is 2.23. The fourth-order valence-corrected chi connectivity index (χ4v) is 3.04. The minimum atomic E-state index is -0.171. The second kappa shape index (κ2) is 6.93. The number of thiazole rings is 1. The molecular weight excluding hydrogens is 350 g/mol. The Labute approximate surface area is 153 Å². The molecule has 0 atom stereocenters. The van der Waals surface area contributed by atoms with Gasteiger partial charge in [0.1, 0.15) is 12.2 Å². The molecular formula is C18H15N5O2S. The normalized spacial score (nSPS) is 10.8. The van der Waals surface area contributed by atoms with Gasteiger partial charge in [0.25, 0.3) is 5.89 Å². The van der Waals surface area contributed by atoms with E-state index in [1.54, 1.807) is 17.0 Å². The van der Waals surface area contributed by atoms with Gasteiger partial charge in [-0.15, -0.1) is 11.3 Å². The third-order valence-electron chi connectivity index (χ3n) is 3.78. The van der Waals surface area contributed by atoms with Crippen LogP contribution in [0.2, 0.25) is 0 Å². The molecule has 0 radical (unpaired) electrons. The first-order valence-electron chi connectivity index (χ1n) is 7.94. The van der Waals surface area contributed by atoms with E-state index in [9.17, 15) is 4.79 Å². The van der Waals surface area contributed by atoms with E-state index in [0.29, 0.717) is 22.5 Å². The summed E-state index contributed by atoms with van der Waals surface area (Å²) in [6.07, 6.45) is 3.44. The summed E-state index contributed by atoms with van der Waals surface area (Å²) in [6, 6.07) is 11.6. The van der Waals surface area contributed by atoms with Gasteiger partial charge in [-0.1, -0.05) is 35.0 Å². The lowest BCUT2D eigenvalue weighted by Gasteiger charge is -2.06. The Balaban J connectivity index is 1.53. The van der Waals surface area contributed by atoms with Crippen molar-refractivity contribution in [2.45, 2.75) is 13.5 Å². The van der Waals surface area contributed by atoms with Crippen LogP contribution in [0.15, 0.2) is 58.7 Å². The van der Waals surface area contributed by atoms with E-state index in [2.05, 4.69) is 20.4 Å². The third kappa shape index (κ3) is 3.40. The lowest BCUT2D eigenvalue weighted by molar-refractivity contribution is -0.116. The van der Waals surface area contributed by atoms with E-state index in [1.807, 2.05) is 48.7 Å². The number of benzene rings is 1. The predicted octanol–water partition coefficient (Wildman–Crippen LogP) is 3.61. The fourth-order valence-electron chi connectivity index (χ4n) is 2.49. The van der Waals surface area contributed by atoms with Crippen LogP contribution >= 0.6 is 11.3 Å². The summed E-state index contributed by atoms with van der Waals surface area (Å²) >= 11 is 1.37. The first-order chi connectivity index (χ1) is 12.7. The highest BCUT2D eigenvalue weighted by molar-refractivity contribution is 7.13. The smallest absolute Gasteiger partial charge is 0.274 e. The number of nitrogens with one attached hydrogen (secondary N) is 1. The van der Waals surface area contributed by atoms with Crippen LogP contribution in [0.25, 0.3) is 23.0 Å². The minimum absolute atomic E-state index is 0.129. The predicted molar refractivity (Wildman–Crippen MR) is 98.6 cm³/mol. The van der Waals surface area contributed by atoms with Crippen molar-refractivity contribution in [1.82, 2.24) is 19.7 Å². The van der Waals surface area contributed by atoms with Gasteiger partial charge in [-0.3, -0.25) is 4.79 Å². The van der Waals surface area contributed by atoms with Crippen molar-refractivity contribution >= 4 is 22.4 Å². The Bertz CT molecular complexity index is 1020. The van der Waals surface area contributed by atoms with E-state index in [1.165, 1.54) is 11.3 Å². The second-order valence-corrected chi connectivity index (χ2v) is 6.59. The number of aromatic nitrogens is 4. The number of anilines is 1. The molecule has 0 aliphatic heterocycles. The summed E-state index contributed by atoms with van der Waals surface area (Å²) in [5.41, 5.74) is 2.73. The van der Waals surface area contributed by atoms with E-state index >= 15 is 0 Å². The Hall–Kier alpha value is -3.26. The second-order valence-electron chi connectivity index (χ2n) is 5.70. The van der Waals surface area contributed by atoms with Gasteiger partial charge < -0.3 is 14.4 Å². The third-order valence-corrected chi connectivity index (χ3v) is 4.47. The standard InChI is InChI=1S/C18H15N5O2S/c1-12-4-6-13(7-5-12)16-21-17(25-22-16)14-3-2-9-23(14)11-15(24)20-18-19-8-10-26-18/h2-10H,11H2,1H3,(H,19,20,24). The zero-order valence-electron chi connectivity index (χ0n) is 13.9. The highest BCUT2D eigenvalue weighted by atomic mass is 32.1.